The van der Waals surface area contributed by atoms with Crippen LogP contribution in [0.15, 0.2) is 18.2 Å². The zero-order chi connectivity index (χ0) is 10.1. The molecule has 0 spiro atoms. The van der Waals surface area contributed by atoms with Gasteiger partial charge in [0, 0.05) is 5.92 Å². The molecule has 0 fully saturated rings. The Morgan fingerprint density at radius 2 is 2.21 bits per heavy atom. The first-order chi connectivity index (χ1) is 6.72. The van der Waals surface area contributed by atoms with Crippen LogP contribution in [-0.4, -0.2) is 6.10 Å². The van der Waals surface area contributed by atoms with Crippen molar-refractivity contribution in [1.82, 2.24) is 0 Å². The molecule has 0 amide bonds. The third-order valence-corrected chi connectivity index (χ3v) is 3.20. The van der Waals surface area contributed by atoms with Crippen molar-refractivity contribution in [1.29, 1.82) is 0 Å². The number of ether oxygens (including phenoxy) is 1. The Bertz CT molecular complexity index is 330. The predicted octanol–water partition coefficient (Wildman–Crippen LogP) is 3.41. The lowest BCUT2D eigenvalue weighted by Gasteiger charge is -2.31. The Morgan fingerprint density at radius 1 is 1.43 bits per heavy atom. The molecule has 2 rings (SSSR count). The molecule has 1 aromatic rings. The van der Waals surface area contributed by atoms with Crippen molar-refractivity contribution in [3.05, 3.63) is 34.9 Å². The summed E-state index contributed by atoms with van der Waals surface area (Å²) in [7, 11) is 0. The first kappa shape index (κ1) is 9.72. The largest absolute Gasteiger partial charge is 0.373 e. The molecule has 1 aliphatic heterocycles. The SMILES string of the molecule is CC[C@H]1OCc2ccc(C)cc2[C@@H]1C. The predicted molar refractivity (Wildman–Crippen MR) is 58.5 cm³/mol. The van der Waals surface area contributed by atoms with Gasteiger partial charge in [0.1, 0.15) is 0 Å². The maximum Gasteiger partial charge on any atom is 0.0723 e. The minimum Gasteiger partial charge on any atom is -0.373 e. The van der Waals surface area contributed by atoms with E-state index in [4.69, 9.17) is 4.74 Å². The number of fused-ring (bicyclic) bond motifs is 1. The summed E-state index contributed by atoms with van der Waals surface area (Å²) in [5.74, 6) is 0.545. The van der Waals surface area contributed by atoms with Gasteiger partial charge in [0.15, 0.2) is 0 Å². The van der Waals surface area contributed by atoms with Gasteiger partial charge in [-0.1, -0.05) is 37.6 Å². The van der Waals surface area contributed by atoms with Crippen molar-refractivity contribution in [2.75, 3.05) is 0 Å². The molecule has 0 saturated carbocycles. The van der Waals surface area contributed by atoms with Gasteiger partial charge in [-0.2, -0.15) is 0 Å². The quantitative estimate of drug-likeness (QED) is 0.659. The van der Waals surface area contributed by atoms with E-state index in [1.165, 1.54) is 16.7 Å². The van der Waals surface area contributed by atoms with E-state index in [0.717, 1.165) is 13.0 Å². The standard InChI is InChI=1S/C13H18O/c1-4-13-10(3)12-7-9(2)5-6-11(12)8-14-13/h5-7,10,13H,4,8H2,1-3H3/t10-,13+/m0/s1. The van der Waals surface area contributed by atoms with Gasteiger partial charge in [0.25, 0.3) is 0 Å². The topological polar surface area (TPSA) is 9.23 Å². The van der Waals surface area contributed by atoms with Crippen LogP contribution in [0.4, 0.5) is 0 Å². The van der Waals surface area contributed by atoms with Crippen molar-refractivity contribution in [3.63, 3.8) is 0 Å². The monoisotopic (exact) mass is 190 g/mol. The number of hydrogen-bond donors (Lipinski definition) is 0. The molecule has 76 valence electrons. The van der Waals surface area contributed by atoms with Crippen LogP contribution >= 0.6 is 0 Å². The Kier molecular flexibility index (Phi) is 2.60. The summed E-state index contributed by atoms with van der Waals surface area (Å²) in [5, 5.41) is 0. The molecule has 1 aromatic carbocycles. The molecular weight excluding hydrogens is 172 g/mol. The van der Waals surface area contributed by atoms with Crippen LogP contribution in [-0.2, 0) is 11.3 Å². The maximum atomic E-state index is 5.81. The molecule has 1 nitrogen and oxygen atoms in total. The second-order valence-corrected chi connectivity index (χ2v) is 4.25. The van der Waals surface area contributed by atoms with Gasteiger partial charge in [-0.15, -0.1) is 0 Å². The molecule has 0 saturated heterocycles. The summed E-state index contributed by atoms with van der Waals surface area (Å²) in [6.07, 6.45) is 1.51. The van der Waals surface area contributed by atoms with Gasteiger partial charge < -0.3 is 4.74 Å². The van der Waals surface area contributed by atoms with Crippen LogP contribution in [0, 0.1) is 6.92 Å². The molecule has 0 N–H and O–H groups in total. The summed E-state index contributed by atoms with van der Waals surface area (Å²) in [4.78, 5) is 0. The highest BCUT2D eigenvalue weighted by Gasteiger charge is 2.25. The first-order valence-electron chi connectivity index (χ1n) is 5.43. The van der Waals surface area contributed by atoms with E-state index in [1.54, 1.807) is 0 Å². The normalized spacial score (nSPS) is 25.9. The fourth-order valence-corrected chi connectivity index (χ4v) is 2.28. The molecule has 14 heavy (non-hydrogen) atoms. The lowest BCUT2D eigenvalue weighted by molar-refractivity contribution is 0.00955. The molecule has 0 aromatic heterocycles. The van der Waals surface area contributed by atoms with Crippen molar-refractivity contribution < 1.29 is 4.74 Å². The van der Waals surface area contributed by atoms with Gasteiger partial charge in [-0.25, -0.2) is 0 Å². The molecule has 0 bridgehead atoms. The lowest BCUT2D eigenvalue weighted by atomic mass is 9.87. The molecule has 0 radical (unpaired) electrons. The van der Waals surface area contributed by atoms with Gasteiger partial charge in [-0.3, -0.25) is 0 Å². The van der Waals surface area contributed by atoms with Crippen LogP contribution < -0.4 is 0 Å². The fraction of sp³-hybridized carbons (Fsp3) is 0.538. The summed E-state index contributed by atoms with van der Waals surface area (Å²) < 4.78 is 5.81. The number of aryl methyl sites for hydroxylation is 1. The van der Waals surface area contributed by atoms with Crippen molar-refractivity contribution in [2.24, 2.45) is 0 Å². The summed E-state index contributed by atoms with van der Waals surface area (Å²) in [6, 6.07) is 6.68. The van der Waals surface area contributed by atoms with E-state index in [9.17, 15) is 0 Å². The fourth-order valence-electron chi connectivity index (χ4n) is 2.28. The van der Waals surface area contributed by atoms with Crippen molar-refractivity contribution in [2.45, 2.75) is 45.8 Å². The Balaban J connectivity index is 2.38. The third-order valence-electron chi connectivity index (χ3n) is 3.20. The Hall–Kier alpha value is -0.820. The minimum atomic E-state index is 0.407. The highest BCUT2D eigenvalue weighted by molar-refractivity contribution is 5.35. The maximum absolute atomic E-state index is 5.81. The van der Waals surface area contributed by atoms with E-state index >= 15 is 0 Å². The smallest absolute Gasteiger partial charge is 0.0723 e. The number of benzene rings is 1. The lowest BCUT2D eigenvalue weighted by Crippen LogP contribution is -2.25. The van der Waals surface area contributed by atoms with Crippen molar-refractivity contribution in [3.8, 4) is 0 Å². The van der Waals surface area contributed by atoms with Gasteiger partial charge >= 0.3 is 0 Å². The van der Waals surface area contributed by atoms with E-state index in [2.05, 4.69) is 39.0 Å². The Morgan fingerprint density at radius 3 is 2.93 bits per heavy atom. The second-order valence-electron chi connectivity index (χ2n) is 4.25. The van der Waals surface area contributed by atoms with Crippen molar-refractivity contribution >= 4 is 0 Å². The van der Waals surface area contributed by atoms with Gasteiger partial charge in [0.2, 0.25) is 0 Å². The van der Waals surface area contributed by atoms with E-state index in [1.807, 2.05) is 0 Å². The van der Waals surface area contributed by atoms with Gasteiger partial charge in [-0.05, 0) is 24.5 Å². The summed E-state index contributed by atoms with van der Waals surface area (Å²) >= 11 is 0. The van der Waals surface area contributed by atoms with Crippen LogP contribution in [0.3, 0.4) is 0 Å². The molecule has 1 heterocycles. The molecule has 0 unspecified atom stereocenters. The molecule has 2 atom stereocenters. The summed E-state index contributed by atoms with van der Waals surface area (Å²) in [5.41, 5.74) is 4.21. The van der Waals surface area contributed by atoms with Crippen LogP contribution in [0.5, 0.6) is 0 Å². The zero-order valence-electron chi connectivity index (χ0n) is 9.21. The number of rotatable bonds is 1. The highest BCUT2D eigenvalue weighted by Crippen LogP contribution is 2.32. The molecule has 0 aliphatic carbocycles. The minimum absolute atomic E-state index is 0.407. The first-order valence-corrected chi connectivity index (χ1v) is 5.43. The van der Waals surface area contributed by atoms with E-state index < -0.39 is 0 Å². The van der Waals surface area contributed by atoms with E-state index in [0.29, 0.717) is 12.0 Å². The molecular formula is C13H18O. The second kappa shape index (κ2) is 3.74. The van der Waals surface area contributed by atoms with Gasteiger partial charge in [0.05, 0.1) is 12.7 Å². The zero-order valence-corrected chi connectivity index (χ0v) is 9.21. The van der Waals surface area contributed by atoms with Crippen LogP contribution in [0.25, 0.3) is 0 Å². The van der Waals surface area contributed by atoms with Crippen LogP contribution in [0.2, 0.25) is 0 Å². The average Bonchev–Trinajstić information content (AvgIpc) is 2.20. The third kappa shape index (κ3) is 1.57. The van der Waals surface area contributed by atoms with E-state index in [-0.39, 0.29) is 0 Å². The van der Waals surface area contributed by atoms with Crippen LogP contribution in [0.1, 0.15) is 42.9 Å². The summed E-state index contributed by atoms with van der Waals surface area (Å²) in [6.45, 7) is 7.41. The molecule has 1 aliphatic rings. The average molecular weight is 190 g/mol. The Labute approximate surface area is 86.1 Å². The molecule has 1 heteroatoms. The number of hydrogen-bond acceptors (Lipinski definition) is 1. The highest BCUT2D eigenvalue weighted by atomic mass is 16.5.